The lowest BCUT2D eigenvalue weighted by molar-refractivity contribution is 0.658. The van der Waals surface area contributed by atoms with Crippen molar-refractivity contribution in [2.45, 2.75) is 47.0 Å². The second-order valence-electron chi connectivity index (χ2n) is 6.63. The zero-order chi connectivity index (χ0) is 13.9. The van der Waals surface area contributed by atoms with Crippen molar-refractivity contribution in [3.8, 4) is 11.1 Å². The molecule has 19 heavy (non-hydrogen) atoms. The van der Waals surface area contributed by atoms with E-state index in [1.54, 1.807) is 0 Å². The fraction of sp³-hybridized carbons (Fsp3) is 0.368. The SMILES string of the molecule is Cc1cc(C)c2c(c1)C(C)(C)c1cc(C)cc(C)c1-2. The third-order valence-electron chi connectivity index (χ3n) is 4.56. The molecule has 0 heterocycles. The third kappa shape index (κ3) is 1.59. The molecule has 0 nitrogen and oxygen atoms in total. The van der Waals surface area contributed by atoms with Gasteiger partial charge in [-0.2, -0.15) is 0 Å². The predicted molar refractivity (Wildman–Crippen MR) is 83.0 cm³/mol. The summed E-state index contributed by atoms with van der Waals surface area (Å²) in [6, 6.07) is 9.36. The summed E-state index contributed by atoms with van der Waals surface area (Å²) in [5.41, 5.74) is 11.6. The fourth-order valence-corrected chi connectivity index (χ4v) is 3.73. The number of aryl methyl sites for hydroxylation is 4. The lowest BCUT2D eigenvalue weighted by Crippen LogP contribution is -2.15. The molecular formula is C19H22. The Hall–Kier alpha value is -1.56. The van der Waals surface area contributed by atoms with Crippen LogP contribution in [0.5, 0.6) is 0 Å². The first-order valence-electron chi connectivity index (χ1n) is 7.06. The van der Waals surface area contributed by atoms with Gasteiger partial charge in [-0.1, -0.05) is 49.2 Å². The van der Waals surface area contributed by atoms with Gasteiger partial charge in [0.15, 0.2) is 0 Å². The minimum Gasteiger partial charge on any atom is -0.0557 e. The molecule has 0 saturated carbocycles. The molecule has 0 bridgehead atoms. The highest BCUT2D eigenvalue weighted by molar-refractivity contribution is 5.85. The zero-order valence-corrected chi connectivity index (χ0v) is 12.8. The van der Waals surface area contributed by atoms with E-state index in [4.69, 9.17) is 0 Å². The van der Waals surface area contributed by atoms with Crippen molar-refractivity contribution in [1.82, 2.24) is 0 Å². The van der Waals surface area contributed by atoms with Crippen LogP contribution in [0.4, 0.5) is 0 Å². The molecule has 1 aliphatic rings. The van der Waals surface area contributed by atoms with E-state index in [1.807, 2.05) is 0 Å². The molecule has 0 unspecified atom stereocenters. The Kier molecular flexibility index (Phi) is 2.44. The van der Waals surface area contributed by atoms with Crippen LogP contribution < -0.4 is 0 Å². The van der Waals surface area contributed by atoms with Gasteiger partial charge in [0.05, 0.1) is 0 Å². The van der Waals surface area contributed by atoms with E-state index < -0.39 is 0 Å². The number of rotatable bonds is 0. The van der Waals surface area contributed by atoms with E-state index in [-0.39, 0.29) is 5.41 Å². The highest BCUT2D eigenvalue weighted by Crippen LogP contribution is 2.51. The van der Waals surface area contributed by atoms with Crippen molar-refractivity contribution < 1.29 is 0 Å². The van der Waals surface area contributed by atoms with Gasteiger partial charge in [0.25, 0.3) is 0 Å². The van der Waals surface area contributed by atoms with Gasteiger partial charge in [-0.15, -0.1) is 0 Å². The minimum absolute atomic E-state index is 0.123. The van der Waals surface area contributed by atoms with Gasteiger partial charge in [0.2, 0.25) is 0 Å². The Balaban J connectivity index is 2.48. The first-order valence-corrected chi connectivity index (χ1v) is 7.06. The van der Waals surface area contributed by atoms with Gasteiger partial charge in [-0.05, 0) is 61.1 Å². The monoisotopic (exact) mass is 250 g/mol. The topological polar surface area (TPSA) is 0 Å². The largest absolute Gasteiger partial charge is 0.0557 e. The summed E-state index contributed by atoms with van der Waals surface area (Å²) in [4.78, 5) is 0. The van der Waals surface area contributed by atoms with Crippen molar-refractivity contribution in [2.75, 3.05) is 0 Å². The smallest absolute Gasteiger partial charge is 0.0159 e. The van der Waals surface area contributed by atoms with Gasteiger partial charge >= 0.3 is 0 Å². The normalized spacial score (nSPS) is 15.3. The van der Waals surface area contributed by atoms with E-state index >= 15 is 0 Å². The summed E-state index contributed by atoms with van der Waals surface area (Å²) >= 11 is 0. The molecule has 0 saturated heterocycles. The molecule has 0 atom stereocenters. The Morgan fingerprint density at radius 2 is 1.00 bits per heavy atom. The van der Waals surface area contributed by atoms with Crippen LogP contribution in [0.3, 0.4) is 0 Å². The maximum atomic E-state index is 2.37. The average molecular weight is 250 g/mol. The average Bonchev–Trinajstić information content (AvgIpc) is 2.49. The van der Waals surface area contributed by atoms with Gasteiger partial charge in [0, 0.05) is 5.41 Å². The van der Waals surface area contributed by atoms with Crippen molar-refractivity contribution in [1.29, 1.82) is 0 Å². The Morgan fingerprint density at radius 3 is 1.37 bits per heavy atom. The van der Waals surface area contributed by atoms with Gasteiger partial charge in [-0.25, -0.2) is 0 Å². The molecule has 0 fully saturated rings. The molecule has 2 aromatic carbocycles. The van der Waals surface area contributed by atoms with Crippen LogP contribution >= 0.6 is 0 Å². The third-order valence-corrected chi connectivity index (χ3v) is 4.56. The molecule has 0 heteroatoms. The zero-order valence-electron chi connectivity index (χ0n) is 12.8. The van der Waals surface area contributed by atoms with Crippen LogP contribution in [-0.2, 0) is 5.41 Å². The Bertz CT molecular complexity index is 628. The van der Waals surface area contributed by atoms with E-state index in [0.717, 1.165) is 0 Å². The first kappa shape index (κ1) is 12.5. The molecule has 0 radical (unpaired) electrons. The maximum absolute atomic E-state index is 2.37. The van der Waals surface area contributed by atoms with Crippen molar-refractivity contribution >= 4 is 0 Å². The van der Waals surface area contributed by atoms with E-state index in [2.05, 4.69) is 65.8 Å². The summed E-state index contributed by atoms with van der Waals surface area (Å²) in [6.45, 7) is 13.6. The molecule has 0 amide bonds. The highest BCUT2D eigenvalue weighted by Gasteiger charge is 2.37. The molecular weight excluding hydrogens is 228 g/mol. The van der Waals surface area contributed by atoms with Gasteiger partial charge < -0.3 is 0 Å². The van der Waals surface area contributed by atoms with Crippen molar-refractivity contribution in [3.63, 3.8) is 0 Å². The molecule has 2 aromatic rings. The molecule has 0 aliphatic heterocycles. The second kappa shape index (κ2) is 3.72. The number of hydrogen-bond donors (Lipinski definition) is 0. The van der Waals surface area contributed by atoms with Crippen molar-refractivity contribution in [2.24, 2.45) is 0 Å². The molecule has 3 rings (SSSR count). The van der Waals surface area contributed by atoms with Crippen LogP contribution in [0.15, 0.2) is 24.3 Å². The van der Waals surface area contributed by atoms with Crippen LogP contribution in [0.2, 0.25) is 0 Å². The van der Waals surface area contributed by atoms with E-state index in [0.29, 0.717) is 0 Å². The Labute approximate surface area is 116 Å². The number of fused-ring (bicyclic) bond motifs is 3. The number of hydrogen-bond acceptors (Lipinski definition) is 0. The summed E-state index contributed by atoms with van der Waals surface area (Å²) in [7, 11) is 0. The summed E-state index contributed by atoms with van der Waals surface area (Å²) in [5, 5.41) is 0. The molecule has 0 N–H and O–H groups in total. The number of benzene rings is 2. The highest BCUT2D eigenvalue weighted by atomic mass is 14.4. The molecule has 0 aromatic heterocycles. The summed E-state index contributed by atoms with van der Waals surface area (Å²) < 4.78 is 0. The summed E-state index contributed by atoms with van der Waals surface area (Å²) in [6.07, 6.45) is 0. The molecule has 1 aliphatic carbocycles. The fourth-order valence-electron chi connectivity index (χ4n) is 3.73. The predicted octanol–water partition coefficient (Wildman–Crippen LogP) is 5.23. The van der Waals surface area contributed by atoms with Crippen LogP contribution in [-0.4, -0.2) is 0 Å². The maximum Gasteiger partial charge on any atom is 0.0159 e. The van der Waals surface area contributed by atoms with E-state index in [9.17, 15) is 0 Å². The van der Waals surface area contributed by atoms with Gasteiger partial charge in [-0.3, -0.25) is 0 Å². The molecule has 98 valence electrons. The summed E-state index contributed by atoms with van der Waals surface area (Å²) in [5.74, 6) is 0. The lowest BCUT2D eigenvalue weighted by Gasteiger charge is -2.22. The van der Waals surface area contributed by atoms with Crippen LogP contribution in [0.1, 0.15) is 47.2 Å². The Morgan fingerprint density at radius 1 is 0.632 bits per heavy atom. The lowest BCUT2D eigenvalue weighted by atomic mass is 9.81. The van der Waals surface area contributed by atoms with Crippen molar-refractivity contribution in [3.05, 3.63) is 57.6 Å². The molecule has 0 spiro atoms. The minimum atomic E-state index is 0.123. The van der Waals surface area contributed by atoms with Crippen LogP contribution in [0, 0.1) is 27.7 Å². The van der Waals surface area contributed by atoms with Crippen LogP contribution in [0.25, 0.3) is 11.1 Å². The van der Waals surface area contributed by atoms with Gasteiger partial charge in [0.1, 0.15) is 0 Å². The quantitative estimate of drug-likeness (QED) is 0.601. The standard InChI is InChI=1S/C19H22/c1-11-7-13(3)17-15(9-11)19(5,6)16-10-12(2)8-14(4)18(16)17/h7-10H,1-6H3. The first-order chi connectivity index (χ1) is 8.82. The van der Waals surface area contributed by atoms with E-state index in [1.165, 1.54) is 44.5 Å². The second-order valence-corrected chi connectivity index (χ2v) is 6.63.